The Bertz CT molecular complexity index is 371. The van der Waals surface area contributed by atoms with Gasteiger partial charge in [-0.2, -0.15) is 11.8 Å². The van der Waals surface area contributed by atoms with Gasteiger partial charge in [-0.3, -0.25) is 0 Å². The average Bonchev–Trinajstić information content (AvgIpc) is 2.36. The Balaban J connectivity index is 2.81. The number of aliphatic hydroxyl groups excluding tert-OH is 1. The predicted octanol–water partition coefficient (Wildman–Crippen LogP) is 1.74. The van der Waals surface area contributed by atoms with E-state index in [9.17, 15) is 5.11 Å². The molecule has 0 saturated carbocycles. The number of nitrogens with zero attached hydrogens (tertiary/aromatic N) is 2. The fraction of sp³-hybridized carbons (Fsp3) is 0.667. The summed E-state index contributed by atoms with van der Waals surface area (Å²) in [6.45, 7) is 7.05. The highest BCUT2D eigenvalue weighted by molar-refractivity contribution is 7.99. The van der Waals surface area contributed by atoms with Crippen molar-refractivity contribution in [3.05, 3.63) is 11.9 Å². The van der Waals surface area contributed by atoms with Crippen molar-refractivity contribution in [1.82, 2.24) is 9.97 Å². The highest BCUT2D eigenvalue weighted by Gasteiger charge is 2.17. The summed E-state index contributed by atoms with van der Waals surface area (Å²) in [5, 5.41) is 16.0. The molecule has 0 aliphatic heterocycles. The fourth-order valence-corrected chi connectivity index (χ4v) is 2.31. The van der Waals surface area contributed by atoms with E-state index in [2.05, 4.69) is 20.6 Å². The van der Waals surface area contributed by atoms with Crippen molar-refractivity contribution in [3.8, 4) is 0 Å². The molecule has 0 aliphatic carbocycles. The van der Waals surface area contributed by atoms with Crippen LogP contribution in [0.1, 0.15) is 19.4 Å². The highest BCUT2D eigenvalue weighted by atomic mass is 32.2. The van der Waals surface area contributed by atoms with Crippen LogP contribution in [0.4, 0.5) is 11.6 Å². The van der Waals surface area contributed by atoms with Crippen molar-refractivity contribution < 1.29 is 5.11 Å². The van der Waals surface area contributed by atoms with Crippen LogP contribution in [-0.2, 0) is 0 Å². The molecule has 1 aromatic heterocycles. The summed E-state index contributed by atoms with van der Waals surface area (Å²) < 4.78 is 0. The molecule has 1 heterocycles. The van der Waals surface area contributed by atoms with E-state index < -0.39 is 0 Å². The van der Waals surface area contributed by atoms with Gasteiger partial charge in [-0.15, -0.1) is 0 Å². The second-order valence-electron chi connectivity index (χ2n) is 4.12. The molecule has 0 radical (unpaired) electrons. The lowest BCUT2D eigenvalue weighted by atomic mass is 10.2. The van der Waals surface area contributed by atoms with E-state index in [1.165, 1.54) is 0 Å². The maximum atomic E-state index is 9.28. The van der Waals surface area contributed by atoms with Gasteiger partial charge >= 0.3 is 0 Å². The van der Waals surface area contributed by atoms with Crippen LogP contribution in [0.5, 0.6) is 0 Å². The number of hydrogen-bond donors (Lipinski definition) is 3. The van der Waals surface area contributed by atoms with E-state index >= 15 is 0 Å². The summed E-state index contributed by atoms with van der Waals surface area (Å²) in [6, 6.07) is 0.146. The molecule has 0 amide bonds. The van der Waals surface area contributed by atoms with Gasteiger partial charge in [-0.1, -0.05) is 0 Å². The van der Waals surface area contributed by atoms with E-state index in [-0.39, 0.29) is 17.9 Å². The molecule has 18 heavy (non-hydrogen) atoms. The van der Waals surface area contributed by atoms with E-state index in [0.29, 0.717) is 0 Å². The standard InChI is InChI=1S/C12H22N4OS/c1-5-13-11-8(2)12(15-7-14-11)16-9(3)10(6-17)18-4/h7,9-10,17H,5-6H2,1-4H3,(H2,13,14,15,16). The number of nitrogens with one attached hydrogen (secondary N) is 2. The summed E-state index contributed by atoms with van der Waals surface area (Å²) in [5.41, 5.74) is 1.00. The molecule has 1 aromatic rings. The summed E-state index contributed by atoms with van der Waals surface area (Å²) in [4.78, 5) is 8.46. The molecule has 0 spiro atoms. The maximum Gasteiger partial charge on any atom is 0.134 e. The second-order valence-corrected chi connectivity index (χ2v) is 5.19. The number of rotatable bonds is 7. The zero-order valence-corrected chi connectivity index (χ0v) is 12.2. The topological polar surface area (TPSA) is 70.1 Å². The largest absolute Gasteiger partial charge is 0.395 e. The molecule has 0 bridgehead atoms. The van der Waals surface area contributed by atoms with Crippen LogP contribution >= 0.6 is 11.8 Å². The second kappa shape index (κ2) is 7.43. The quantitative estimate of drug-likeness (QED) is 0.701. The van der Waals surface area contributed by atoms with Crippen LogP contribution in [-0.4, -0.2) is 45.8 Å². The third kappa shape index (κ3) is 3.74. The van der Waals surface area contributed by atoms with Crippen LogP contribution in [0, 0.1) is 6.92 Å². The summed E-state index contributed by atoms with van der Waals surface area (Å²) in [7, 11) is 0. The number of hydrogen-bond acceptors (Lipinski definition) is 6. The van der Waals surface area contributed by atoms with Crippen molar-refractivity contribution in [2.75, 3.05) is 30.0 Å². The lowest BCUT2D eigenvalue weighted by molar-refractivity contribution is 0.288. The normalized spacial score (nSPS) is 14.1. The molecule has 1 rings (SSSR count). The Morgan fingerprint density at radius 2 is 2.06 bits per heavy atom. The monoisotopic (exact) mass is 270 g/mol. The van der Waals surface area contributed by atoms with Gasteiger partial charge in [0.2, 0.25) is 0 Å². The van der Waals surface area contributed by atoms with E-state index in [1.807, 2.05) is 27.0 Å². The zero-order valence-electron chi connectivity index (χ0n) is 11.4. The average molecular weight is 270 g/mol. The highest BCUT2D eigenvalue weighted by Crippen LogP contribution is 2.21. The lowest BCUT2D eigenvalue weighted by Gasteiger charge is -2.23. The lowest BCUT2D eigenvalue weighted by Crippen LogP contribution is -2.31. The van der Waals surface area contributed by atoms with Gasteiger partial charge in [0, 0.05) is 23.4 Å². The van der Waals surface area contributed by atoms with Gasteiger partial charge < -0.3 is 15.7 Å². The van der Waals surface area contributed by atoms with Crippen molar-refractivity contribution in [3.63, 3.8) is 0 Å². The first-order chi connectivity index (χ1) is 8.63. The third-order valence-electron chi connectivity index (χ3n) is 2.83. The molecule has 6 heteroatoms. The molecule has 0 saturated heterocycles. The minimum absolute atomic E-state index is 0.146. The summed E-state index contributed by atoms with van der Waals surface area (Å²) in [6.07, 6.45) is 3.54. The van der Waals surface area contributed by atoms with Gasteiger partial charge in [0.1, 0.15) is 18.0 Å². The Kier molecular flexibility index (Phi) is 6.21. The number of thioether (sulfide) groups is 1. The molecule has 5 nitrogen and oxygen atoms in total. The van der Waals surface area contributed by atoms with Crippen LogP contribution in [0.3, 0.4) is 0 Å². The van der Waals surface area contributed by atoms with Gasteiger partial charge in [0.15, 0.2) is 0 Å². The Morgan fingerprint density at radius 3 is 2.61 bits per heavy atom. The smallest absolute Gasteiger partial charge is 0.134 e. The zero-order chi connectivity index (χ0) is 13.5. The van der Waals surface area contributed by atoms with Crippen LogP contribution in [0.15, 0.2) is 6.33 Å². The minimum Gasteiger partial charge on any atom is -0.395 e. The SMILES string of the molecule is CCNc1ncnc(NC(C)C(CO)SC)c1C. The fourth-order valence-electron chi connectivity index (χ4n) is 1.69. The number of aliphatic hydroxyl groups is 1. The van der Waals surface area contributed by atoms with E-state index in [4.69, 9.17) is 0 Å². The van der Waals surface area contributed by atoms with E-state index in [0.717, 1.165) is 23.7 Å². The molecule has 2 unspecified atom stereocenters. The molecule has 0 aromatic carbocycles. The Hall–Kier alpha value is -1.01. The van der Waals surface area contributed by atoms with Crippen molar-refractivity contribution in [1.29, 1.82) is 0 Å². The molecule has 0 aliphatic rings. The Labute approximate surface area is 113 Å². The first kappa shape index (κ1) is 15.0. The molecule has 3 N–H and O–H groups in total. The van der Waals surface area contributed by atoms with Crippen molar-refractivity contribution in [2.45, 2.75) is 32.1 Å². The van der Waals surface area contributed by atoms with Crippen molar-refractivity contribution in [2.24, 2.45) is 0 Å². The molecule has 0 fully saturated rings. The summed E-state index contributed by atoms with van der Waals surface area (Å²) in [5.74, 6) is 1.67. The van der Waals surface area contributed by atoms with Gasteiger partial charge in [0.25, 0.3) is 0 Å². The molecule has 2 atom stereocenters. The van der Waals surface area contributed by atoms with Crippen LogP contribution in [0.25, 0.3) is 0 Å². The van der Waals surface area contributed by atoms with Gasteiger partial charge in [-0.25, -0.2) is 9.97 Å². The predicted molar refractivity (Wildman–Crippen MR) is 78.4 cm³/mol. The number of anilines is 2. The number of aromatic nitrogens is 2. The Morgan fingerprint density at radius 1 is 1.39 bits per heavy atom. The van der Waals surface area contributed by atoms with E-state index in [1.54, 1.807) is 18.1 Å². The minimum atomic E-state index is 0.146. The molecular formula is C12H22N4OS. The summed E-state index contributed by atoms with van der Waals surface area (Å²) >= 11 is 1.65. The third-order valence-corrected chi connectivity index (χ3v) is 4.00. The van der Waals surface area contributed by atoms with Gasteiger partial charge in [0.05, 0.1) is 6.61 Å². The van der Waals surface area contributed by atoms with Crippen molar-refractivity contribution >= 4 is 23.4 Å². The van der Waals surface area contributed by atoms with Gasteiger partial charge in [-0.05, 0) is 27.0 Å². The molecule has 102 valence electrons. The molecular weight excluding hydrogens is 248 g/mol. The first-order valence-corrected chi connectivity index (χ1v) is 7.38. The maximum absolute atomic E-state index is 9.28. The van der Waals surface area contributed by atoms with Crippen LogP contribution in [0.2, 0.25) is 0 Å². The first-order valence-electron chi connectivity index (χ1n) is 6.09. The van der Waals surface area contributed by atoms with Crippen LogP contribution < -0.4 is 10.6 Å².